The van der Waals surface area contributed by atoms with Gasteiger partial charge in [0.05, 0.1) is 12.8 Å². The third-order valence-electron chi connectivity index (χ3n) is 3.74. The standard InChI is InChI=1S/C16H17BN2O2/c1-21-14-7-2-11-8-9-19(15(11)10-14)16(20)18-13-5-3-12(17)4-6-13/h2-7,10H,8-9,17H2,1H3,(H,18,20). The Balaban J connectivity index is 1.79. The topological polar surface area (TPSA) is 41.6 Å². The molecular formula is C16H17BN2O2. The van der Waals surface area contributed by atoms with E-state index in [1.165, 1.54) is 11.0 Å². The molecule has 0 fully saturated rings. The maximum atomic E-state index is 12.4. The molecule has 0 atom stereocenters. The number of anilines is 2. The number of urea groups is 1. The average Bonchev–Trinajstić information content (AvgIpc) is 2.92. The second-order valence-electron chi connectivity index (χ2n) is 5.19. The number of carbonyl (C=O) groups is 1. The van der Waals surface area contributed by atoms with Gasteiger partial charge in [0.2, 0.25) is 0 Å². The molecule has 1 N–H and O–H groups in total. The Hall–Kier alpha value is -2.43. The number of nitrogens with one attached hydrogen (secondary N) is 1. The summed E-state index contributed by atoms with van der Waals surface area (Å²) in [7, 11) is 3.65. The molecule has 0 aliphatic carbocycles. The van der Waals surface area contributed by atoms with Crippen LogP contribution >= 0.6 is 0 Å². The second-order valence-corrected chi connectivity index (χ2v) is 5.19. The maximum absolute atomic E-state index is 12.4. The van der Waals surface area contributed by atoms with Crippen molar-refractivity contribution < 1.29 is 9.53 Å². The highest BCUT2D eigenvalue weighted by Crippen LogP contribution is 2.32. The molecule has 0 saturated heterocycles. The minimum Gasteiger partial charge on any atom is -0.497 e. The van der Waals surface area contributed by atoms with Crippen LogP contribution in [0.5, 0.6) is 5.75 Å². The molecule has 4 nitrogen and oxygen atoms in total. The summed E-state index contributed by atoms with van der Waals surface area (Å²) >= 11 is 0. The molecule has 3 rings (SSSR count). The number of ether oxygens (including phenoxy) is 1. The SMILES string of the molecule is Bc1ccc(NC(=O)N2CCc3ccc(OC)cc32)cc1. The van der Waals surface area contributed by atoms with Crippen molar-refractivity contribution in [2.75, 3.05) is 23.9 Å². The van der Waals surface area contributed by atoms with Gasteiger partial charge in [-0.3, -0.25) is 4.90 Å². The summed E-state index contributed by atoms with van der Waals surface area (Å²) in [6.07, 6.45) is 0.876. The third-order valence-corrected chi connectivity index (χ3v) is 3.74. The number of hydrogen-bond donors (Lipinski definition) is 1. The third kappa shape index (κ3) is 2.72. The molecule has 0 bridgehead atoms. The molecule has 21 heavy (non-hydrogen) atoms. The van der Waals surface area contributed by atoms with Gasteiger partial charge < -0.3 is 10.1 Å². The summed E-state index contributed by atoms with van der Waals surface area (Å²) in [5.74, 6) is 0.767. The van der Waals surface area contributed by atoms with Gasteiger partial charge in [0.25, 0.3) is 0 Å². The van der Waals surface area contributed by atoms with Crippen molar-refractivity contribution >= 4 is 30.7 Å². The highest BCUT2D eigenvalue weighted by atomic mass is 16.5. The van der Waals surface area contributed by atoms with E-state index in [0.717, 1.165) is 23.5 Å². The lowest BCUT2D eigenvalue weighted by atomic mass is 9.96. The zero-order valence-electron chi connectivity index (χ0n) is 12.2. The number of fused-ring (bicyclic) bond motifs is 1. The van der Waals surface area contributed by atoms with E-state index in [-0.39, 0.29) is 6.03 Å². The van der Waals surface area contributed by atoms with E-state index in [1.807, 2.05) is 50.3 Å². The highest BCUT2D eigenvalue weighted by Gasteiger charge is 2.25. The zero-order chi connectivity index (χ0) is 14.8. The van der Waals surface area contributed by atoms with E-state index in [0.29, 0.717) is 6.54 Å². The molecule has 2 aromatic carbocycles. The lowest BCUT2D eigenvalue weighted by Crippen LogP contribution is -2.33. The van der Waals surface area contributed by atoms with Gasteiger partial charge in [0.1, 0.15) is 13.6 Å². The van der Waals surface area contributed by atoms with Crippen molar-refractivity contribution in [1.82, 2.24) is 0 Å². The summed E-state index contributed by atoms with van der Waals surface area (Å²) in [4.78, 5) is 14.2. The first-order valence-electron chi connectivity index (χ1n) is 6.99. The Kier molecular flexibility index (Phi) is 3.56. The van der Waals surface area contributed by atoms with Crippen molar-refractivity contribution in [2.45, 2.75) is 6.42 Å². The fourth-order valence-electron chi connectivity index (χ4n) is 2.52. The van der Waals surface area contributed by atoms with Crippen LogP contribution in [-0.4, -0.2) is 27.5 Å². The van der Waals surface area contributed by atoms with Crippen molar-refractivity contribution in [3.05, 3.63) is 48.0 Å². The van der Waals surface area contributed by atoms with Crippen LogP contribution in [0.4, 0.5) is 16.2 Å². The van der Waals surface area contributed by atoms with Crippen LogP contribution in [0.1, 0.15) is 5.56 Å². The molecular weight excluding hydrogens is 263 g/mol. The molecule has 0 aromatic heterocycles. The second kappa shape index (κ2) is 5.52. The van der Waals surface area contributed by atoms with Gasteiger partial charge in [0, 0.05) is 18.3 Å². The fourth-order valence-corrected chi connectivity index (χ4v) is 2.52. The van der Waals surface area contributed by atoms with Crippen LogP contribution in [0.25, 0.3) is 0 Å². The van der Waals surface area contributed by atoms with Crippen LogP contribution in [-0.2, 0) is 6.42 Å². The molecule has 0 radical (unpaired) electrons. The average molecular weight is 280 g/mol. The Bertz CT molecular complexity index is 670. The van der Waals surface area contributed by atoms with Crippen LogP contribution in [0.2, 0.25) is 0 Å². The predicted molar refractivity (Wildman–Crippen MR) is 87.7 cm³/mol. The summed E-state index contributed by atoms with van der Waals surface area (Å²) in [6, 6.07) is 13.6. The van der Waals surface area contributed by atoms with E-state index < -0.39 is 0 Å². The fraction of sp³-hybridized carbons (Fsp3) is 0.188. The van der Waals surface area contributed by atoms with E-state index in [4.69, 9.17) is 4.74 Å². The Morgan fingerprint density at radius 2 is 2.00 bits per heavy atom. The first-order chi connectivity index (χ1) is 10.2. The van der Waals surface area contributed by atoms with Gasteiger partial charge >= 0.3 is 6.03 Å². The Morgan fingerprint density at radius 3 is 2.71 bits per heavy atom. The van der Waals surface area contributed by atoms with E-state index in [2.05, 4.69) is 5.32 Å². The molecule has 5 heteroatoms. The Morgan fingerprint density at radius 1 is 1.24 bits per heavy atom. The molecule has 0 unspecified atom stereocenters. The molecule has 106 valence electrons. The quantitative estimate of drug-likeness (QED) is 0.848. The van der Waals surface area contributed by atoms with Gasteiger partial charge in [-0.05, 0) is 30.2 Å². The van der Waals surface area contributed by atoms with E-state index in [9.17, 15) is 4.79 Å². The number of rotatable bonds is 2. The molecule has 0 spiro atoms. The van der Waals surface area contributed by atoms with Crippen molar-refractivity contribution in [2.24, 2.45) is 0 Å². The minimum atomic E-state index is -0.106. The summed E-state index contributed by atoms with van der Waals surface area (Å²) in [5.41, 5.74) is 4.08. The molecule has 2 aromatic rings. The molecule has 1 heterocycles. The number of hydrogen-bond acceptors (Lipinski definition) is 2. The van der Waals surface area contributed by atoms with Crippen molar-refractivity contribution in [3.63, 3.8) is 0 Å². The summed E-state index contributed by atoms with van der Waals surface area (Å²) in [5, 5.41) is 2.94. The van der Waals surface area contributed by atoms with Crippen molar-refractivity contribution in [3.8, 4) is 5.75 Å². The zero-order valence-corrected chi connectivity index (χ0v) is 12.2. The maximum Gasteiger partial charge on any atom is 0.326 e. The smallest absolute Gasteiger partial charge is 0.326 e. The minimum absolute atomic E-state index is 0.106. The molecule has 0 saturated carbocycles. The highest BCUT2D eigenvalue weighted by molar-refractivity contribution is 6.32. The van der Waals surface area contributed by atoms with Crippen LogP contribution in [0, 0.1) is 0 Å². The number of carbonyl (C=O) groups excluding carboxylic acids is 1. The first kappa shape index (κ1) is 13.6. The largest absolute Gasteiger partial charge is 0.497 e. The van der Waals surface area contributed by atoms with Gasteiger partial charge in [-0.1, -0.05) is 23.7 Å². The van der Waals surface area contributed by atoms with Crippen molar-refractivity contribution in [1.29, 1.82) is 0 Å². The summed E-state index contributed by atoms with van der Waals surface area (Å²) < 4.78 is 5.24. The van der Waals surface area contributed by atoms with E-state index in [1.54, 1.807) is 12.0 Å². The van der Waals surface area contributed by atoms with Gasteiger partial charge in [0.15, 0.2) is 0 Å². The number of nitrogens with zero attached hydrogens (tertiary/aromatic N) is 1. The lowest BCUT2D eigenvalue weighted by molar-refractivity contribution is 0.257. The van der Waals surface area contributed by atoms with E-state index >= 15 is 0 Å². The first-order valence-corrected chi connectivity index (χ1v) is 6.99. The van der Waals surface area contributed by atoms with Gasteiger partial charge in [-0.25, -0.2) is 4.79 Å². The monoisotopic (exact) mass is 280 g/mol. The number of amides is 2. The number of benzene rings is 2. The lowest BCUT2D eigenvalue weighted by Gasteiger charge is -2.18. The van der Waals surface area contributed by atoms with Gasteiger partial charge in [-0.2, -0.15) is 0 Å². The van der Waals surface area contributed by atoms with Crippen LogP contribution < -0.4 is 20.4 Å². The van der Waals surface area contributed by atoms with Gasteiger partial charge in [-0.15, -0.1) is 0 Å². The Labute approximate surface area is 125 Å². The number of methoxy groups -OCH3 is 1. The molecule has 2 amide bonds. The summed E-state index contributed by atoms with van der Waals surface area (Å²) in [6.45, 7) is 0.695. The van der Waals surface area contributed by atoms with Crippen LogP contribution in [0.15, 0.2) is 42.5 Å². The predicted octanol–water partition coefficient (Wildman–Crippen LogP) is 1.55. The normalized spacial score (nSPS) is 12.9. The van der Waals surface area contributed by atoms with Crippen LogP contribution in [0.3, 0.4) is 0 Å². The molecule has 1 aliphatic rings. The molecule has 1 aliphatic heterocycles.